The van der Waals surface area contributed by atoms with Crippen LogP contribution >= 0.6 is 0 Å². The third-order valence-corrected chi connectivity index (χ3v) is 2.70. The monoisotopic (exact) mass is 214 g/mol. The van der Waals surface area contributed by atoms with Gasteiger partial charge in [0.25, 0.3) is 0 Å². The average Bonchev–Trinajstić information content (AvgIpc) is 2.26. The summed E-state index contributed by atoms with van der Waals surface area (Å²) in [6.07, 6.45) is 1.50. The van der Waals surface area contributed by atoms with E-state index in [4.69, 9.17) is 0 Å². The molecule has 88 valence electrons. The summed E-state index contributed by atoms with van der Waals surface area (Å²) < 4.78 is 0. The van der Waals surface area contributed by atoms with Gasteiger partial charge < -0.3 is 10.2 Å². The first-order valence-electron chi connectivity index (χ1n) is 5.60. The molecule has 5 nitrogen and oxygen atoms in total. The summed E-state index contributed by atoms with van der Waals surface area (Å²) in [4.78, 5) is 13.3. The molecule has 1 heterocycles. The van der Waals surface area contributed by atoms with Crippen LogP contribution in [0.4, 0.5) is 0 Å². The van der Waals surface area contributed by atoms with Crippen LogP contribution in [-0.4, -0.2) is 62.6 Å². The average molecular weight is 214 g/mol. The van der Waals surface area contributed by atoms with Gasteiger partial charge >= 0.3 is 0 Å². The minimum Gasteiger partial charge on any atom is -0.359 e. The Bertz CT molecular complexity index is 190. The second-order valence-electron chi connectivity index (χ2n) is 3.98. The molecule has 0 spiro atoms. The van der Waals surface area contributed by atoms with Crippen molar-refractivity contribution in [3.8, 4) is 0 Å². The lowest BCUT2D eigenvalue weighted by molar-refractivity contribution is -0.120. The standard InChI is InChI=1S/C10H22N4O/c1-11-10(15)4-3-5-12-14-8-6-13(2)7-9-14/h12H,3-9H2,1-2H3,(H,11,15). The highest BCUT2D eigenvalue weighted by molar-refractivity contribution is 5.75. The molecule has 0 aromatic carbocycles. The number of rotatable bonds is 5. The SMILES string of the molecule is CNC(=O)CCCNN1CCN(C)CC1. The molecule has 0 aromatic rings. The summed E-state index contributed by atoms with van der Waals surface area (Å²) in [6.45, 7) is 5.25. The van der Waals surface area contributed by atoms with E-state index in [1.807, 2.05) is 0 Å². The van der Waals surface area contributed by atoms with Crippen LogP contribution in [0.1, 0.15) is 12.8 Å². The summed E-state index contributed by atoms with van der Waals surface area (Å²) in [5.41, 5.74) is 3.35. The van der Waals surface area contributed by atoms with Crippen molar-refractivity contribution in [2.75, 3.05) is 46.8 Å². The number of amides is 1. The van der Waals surface area contributed by atoms with Gasteiger partial charge in [-0.05, 0) is 13.5 Å². The van der Waals surface area contributed by atoms with Gasteiger partial charge in [-0.25, -0.2) is 5.01 Å². The molecular formula is C10H22N4O. The zero-order valence-electron chi connectivity index (χ0n) is 9.75. The Morgan fingerprint density at radius 1 is 1.27 bits per heavy atom. The number of nitrogens with zero attached hydrogens (tertiary/aromatic N) is 2. The number of nitrogens with one attached hydrogen (secondary N) is 2. The highest BCUT2D eigenvalue weighted by atomic mass is 16.1. The van der Waals surface area contributed by atoms with Crippen LogP contribution in [0.15, 0.2) is 0 Å². The Kier molecular flexibility index (Phi) is 5.60. The summed E-state index contributed by atoms with van der Waals surface area (Å²) >= 11 is 0. The summed E-state index contributed by atoms with van der Waals surface area (Å²) in [6, 6.07) is 0. The van der Waals surface area contributed by atoms with E-state index >= 15 is 0 Å². The van der Waals surface area contributed by atoms with E-state index in [9.17, 15) is 4.79 Å². The smallest absolute Gasteiger partial charge is 0.219 e. The van der Waals surface area contributed by atoms with Gasteiger partial charge in [-0.15, -0.1) is 0 Å². The second kappa shape index (κ2) is 6.76. The zero-order valence-corrected chi connectivity index (χ0v) is 9.75. The number of piperazine rings is 1. The molecule has 2 N–H and O–H groups in total. The first-order valence-corrected chi connectivity index (χ1v) is 5.60. The van der Waals surface area contributed by atoms with Crippen LogP contribution < -0.4 is 10.7 Å². The van der Waals surface area contributed by atoms with Crippen LogP contribution in [-0.2, 0) is 4.79 Å². The van der Waals surface area contributed by atoms with Crippen LogP contribution in [0.5, 0.6) is 0 Å². The molecule has 1 amide bonds. The lowest BCUT2D eigenvalue weighted by Gasteiger charge is -2.32. The molecule has 0 unspecified atom stereocenters. The predicted octanol–water partition coefficient (Wildman–Crippen LogP) is -0.735. The van der Waals surface area contributed by atoms with Crippen LogP contribution in [0, 0.1) is 0 Å². The van der Waals surface area contributed by atoms with Gasteiger partial charge in [-0.1, -0.05) is 0 Å². The van der Waals surface area contributed by atoms with Crippen molar-refractivity contribution in [3.05, 3.63) is 0 Å². The number of likely N-dealkylation sites (N-methyl/N-ethyl adjacent to an activating group) is 1. The second-order valence-corrected chi connectivity index (χ2v) is 3.98. The Balaban J connectivity index is 1.98. The van der Waals surface area contributed by atoms with E-state index in [0.29, 0.717) is 6.42 Å². The fourth-order valence-electron chi connectivity index (χ4n) is 1.58. The molecule has 0 aliphatic carbocycles. The number of carbonyl (C=O) groups is 1. The van der Waals surface area contributed by atoms with Crippen LogP contribution in [0.25, 0.3) is 0 Å². The van der Waals surface area contributed by atoms with Gasteiger partial charge in [0.05, 0.1) is 0 Å². The van der Waals surface area contributed by atoms with Crippen molar-refractivity contribution in [2.45, 2.75) is 12.8 Å². The van der Waals surface area contributed by atoms with Crippen molar-refractivity contribution >= 4 is 5.91 Å². The maximum Gasteiger partial charge on any atom is 0.219 e. The molecular weight excluding hydrogens is 192 g/mol. The van der Waals surface area contributed by atoms with Crippen molar-refractivity contribution < 1.29 is 4.79 Å². The van der Waals surface area contributed by atoms with E-state index < -0.39 is 0 Å². The van der Waals surface area contributed by atoms with Crippen molar-refractivity contribution in [1.82, 2.24) is 20.7 Å². The third kappa shape index (κ3) is 5.11. The first-order chi connectivity index (χ1) is 7.22. The minimum absolute atomic E-state index is 0.121. The molecule has 1 aliphatic heterocycles. The fraction of sp³-hybridized carbons (Fsp3) is 0.900. The van der Waals surface area contributed by atoms with E-state index in [1.54, 1.807) is 7.05 Å². The Morgan fingerprint density at radius 3 is 2.53 bits per heavy atom. The molecule has 1 aliphatic rings. The molecule has 0 bridgehead atoms. The van der Waals surface area contributed by atoms with Crippen LogP contribution in [0.2, 0.25) is 0 Å². The number of hydrogen-bond acceptors (Lipinski definition) is 4. The summed E-state index contributed by atoms with van der Waals surface area (Å²) in [5.74, 6) is 0.121. The van der Waals surface area contributed by atoms with E-state index in [1.165, 1.54) is 0 Å². The van der Waals surface area contributed by atoms with Gasteiger partial charge in [-0.2, -0.15) is 0 Å². The van der Waals surface area contributed by atoms with E-state index in [-0.39, 0.29) is 5.91 Å². The molecule has 0 aromatic heterocycles. The van der Waals surface area contributed by atoms with Gasteiger partial charge in [0.2, 0.25) is 5.91 Å². The molecule has 0 saturated carbocycles. The van der Waals surface area contributed by atoms with Crippen molar-refractivity contribution in [1.29, 1.82) is 0 Å². The maximum atomic E-state index is 10.9. The Morgan fingerprint density at radius 2 is 1.93 bits per heavy atom. The van der Waals surface area contributed by atoms with E-state index in [0.717, 1.165) is 39.1 Å². The molecule has 0 radical (unpaired) electrons. The normalized spacial score (nSPS) is 19.1. The fourth-order valence-corrected chi connectivity index (χ4v) is 1.58. The Hall–Kier alpha value is -0.650. The number of carbonyl (C=O) groups excluding carboxylic acids is 1. The molecule has 0 atom stereocenters. The largest absolute Gasteiger partial charge is 0.359 e. The molecule has 1 rings (SSSR count). The topological polar surface area (TPSA) is 47.6 Å². The number of hydrazine groups is 1. The van der Waals surface area contributed by atoms with Gasteiger partial charge in [-0.3, -0.25) is 10.2 Å². The molecule has 15 heavy (non-hydrogen) atoms. The Labute approximate surface area is 91.8 Å². The lowest BCUT2D eigenvalue weighted by Crippen LogP contribution is -2.50. The molecule has 1 fully saturated rings. The highest BCUT2D eigenvalue weighted by Gasteiger charge is 2.12. The zero-order chi connectivity index (χ0) is 11.1. The van der Waals surface area contributed by atoms with Crippen molar-refractivity contribution in [3.63, 3.8) is 0 Å². The highest BCUT2D eigenvalue weighted by Crippen LogP contribution is 1.95. The van der Waals surface area contributed by atoms with Gasteiger partial charge in [0, 0.05) is 46.2 Å². The lowest BCUT2D eigenvalue weighted by atomic mass is 10.3. The first kappa shape index (κ1) is 12.4. The van der Waals surface area contributed by atoms with E-state index in [2.05, 4.69) is 27.7 Å². The molecule has 5 heteroatoms. The maximum absolute atomic E-state index is 10.9. The predicted molar refractivity (Wildman–Crippen MR) is 60.4 cm³/mol. The van der Waals surface area contributed by atoms with Gasteiger partial charge in [0.1, 0.15) is 0 Å². The number of hydrogen-bond donors (Lipinski definition) is 2. The molecule has 1 saturated heterocycles. The van der Waals surface area contributed by atoms with Gasteiger partial charge in [0.15, 0.2) is 0 Å². The van der Waals surface area contributed by atoms with Crippen molar-refractivity contribution in [2.24, 2.45) is 0 Å². The third-order valence-electron chi connectivity index (χ3n) is 2.70. The van der Waals surface area contributed by atoms with Crippen LogP contribution in [0.3, 0.4) is 0 Å². The minimum atomic E-state index is 0.121. The summed E-state index contributed by atoms with van der Waals surface area (Å²) in [5, 5.41) is 4.86. The quantitative estimate of drug-likeness (QED) is 0.592. The summed E-state index contributed by atoms with van der Waals surface area (Å²) in [7, 11) is 3.82.